The van der Waals surface area contributed by atoms with E-state index in [1.54, 1.807) is 56.3 Å². The molecule has 286 valence electrons. The van der Waals surface area contributed by atoms with Gasteiger partial charge in [0.1, 0.15) is 22.7 Å². The Morgan fingerprint density at radius 1 is 0.824 bits per heavy atom. The molecule has 2 aromatic rings. The number of carbonyl (C=O) groups is 2. The molecular formula is C38H51F5O8. The first-order chi connectivity index (χ1) is 24.2. The minimum absolute atomic E-state index is 0.00925. The maximum absolute atomic E-state index is 14.7. The first-order valence-corrected chi connectivity index (χ1v) is 17.5. The molecule has 0 saturated carbocycles. The van der Waals surface area contributed by atoms with Gasteiger partial charge in [-0.1, -0.05) is 77.0 Å². The van der Waals surface area contributed by atoms with Crippen LogP contribution in [0.2, 0.25) is 0 Å². The molecule has 8 nitrogen and oxygen atoms in total. The van der Waals surface area contributed by atoms with Crippen LogP contribution >= 0.6 is 0 Å². The summed E-state index contributed by atoms with van der Waals surface area (Å²) in [5.41, 5.74) is -2.35. The number of esters is 1. The largest absolute Gasteiger partial charge is 0.492 e. The first-order valence-electron chi connectivity index (χ1n) is 17.5. The summed E-state index contributed by atoms with van der Waals surface area (Å²) < 4.78 is 102. The molecule has 1 aliphatic heterocycles. The van der Waals surface area contributed by atoms with Crippen molar-refractivity contribution in [2.75, 3.05) is 41.0 Å². The van der Waals surface area contributed by atoms with Gasteiger partial charge in [-0.15, -0.1) is 0 Å². The van der Waals surface area contributed by atoms with E-state index in [4.69, 9.17) is 28.4 Å². The average molecular weight is 731 g/mol. The van der Waals surface area contributed by atoms with E-state index in [1.165, 1.54) is 14.2 Å². The number of carbonyl (C=O) groups excluding carboxylic acids is 2. The maximum Gasteiger partial charge on any atom is 0.453 e. The van der Waals surface area contributed by atoms with Crippen molar-refractivity contribution in [1.29, 1.82) is 0 Å². The third-order valence-electron chi connectivity index (χ3n) is 9.55. The maximum atomic E-state index is 14.7. The number of methoxy groups -OCH3 is 2. The van der Waals surface area contributed by atoms with Crippen LogP contribution in [0.5, 0.6) is 17.2 Å². The topological polar surface area (TPSA) is 89.5 Å². The summed E-state index contributed by atoms with van der Waals surface area (Å²) in [5, 5.41) is 0. The van der Waals surface area contributed by atoms with Crippen LogP contribution in [0.15, 0.2) is 42.5 Å². The number of benzene rings is 2. The van der Waals surface area contributed by atoms with Crippen molar-refractivity contribution in [2.24, 2.45) is 5.41 Å². The summed E-state index contributed by atoms with van der Waals surface area (Å²) in [6.07, 6.45) is -3.25. The van der Waals surface area contributed by atoms with E-state index < -0.39 is 53.4 Å². The molecule has 0 aliphatic carbocycles. The third kappa shape index (κ3) is 10.1. The molecule has 0 N–H and O–H groups in total. The fourth-order valence-corrected chi connectivity index (χ4v) is 6.90. The zero-order chi connectivity index (χ0) is 37.7. The van der Waals surface area contributed by atoms with Gasteiger partial charge >= 0.3 is 18.1 Å². The number of halogens is 5. The average Bonchev–Trinajstić information content (AvgIpc) is 3.10. The van der Waals surface area contributed by atoms with Gasteiger partial charge in [-0.05, 0) is 37.1 Å². The monoisotopic (exact) mass is 730 g/mol. The molecule has 3 unspecified atom stereocenters. The van der Waals surface area contributed by atoms with Crippen molar-refractivity contribution >= 4 is 11.8 Å². The lowest BCUT2D eigenvalue weighted by Gasteiger charge is -2.50. The zero-order valence-corrected chi connectivity index (χ0v) is 30.2. The fourth-order valence-electron chi connectivity index (χ4n) is 6.90. The third-order valence-corrected chi connectivity index (χ3v) is 9.55. The Morgan fingerprint density at radius 2 is 1.41 bits per heavy atom. The number of ether oxygens (including phenoxy) is 6. The van der Waals surface area contributed by atoms with Crippen molar-refractivity contribution in [1.82, 2.24) is 0 Å². The molecule has 0 bridgehead atoms. The zero-order valence-electron chi connectivity index (χ0n) is 30.2. The summed E-state index contributed by atoms with van der Waals surface area (Å²) >= 11 is 0. The van der Waals surface area contributed by atoms with Crippen LogP contribution in [-0.4, -0.2) is 64.9 Å². The van der Waals surface area contributed by atoms with Gasteiger partial charge in [0, 0.05) is 50.0 Å². The molecular weight excluding hydrogens is 679 g/mol. The van der Waals surface area contributed by atoms with E-state index in [9.17, 15) is 31.5 Å². The van der Waals surface area contributed by atoms with Crippen LogP contribution < -0.4 is 14.2 Å². The summed E-state index contributed by atoms with van der Waals surface area (Å²) in [6.45, 7) is 5.12. The SMILES string of the molecule is CCCCCCCCCC(C(=O)CCC(F)(F)C(F)(F)F)(C(=O)OCC)C1c2ccc(OCOC)cc2OCC1(C)c1ccc(OCOC)cc1. The molecule has 51 heavy (non-hydrogen) atoms. The Labute approximate surface area is 297 Å². The molecule has 13 heteroatoms. The van der Waals surface area contributed by atoms with E-state index in [-0.39, 0.29) is 39.0 Å². The van der Waals surface area contributed by atoms with E-state index >= 15 is 0 Å². The lowest BCUT2D eigenvalue weighted by Crippen LogP contribution is -2.56. The molecule has 1 aliphatic rings. The van der Waals surface area contributed by atoms with E-state index in [0.717, 1.165) is 32.1 Å². The highest BCUT2D eigenvalue weighted by molar-refractivity contribution is 6.05. The Hall–Kier alpha value is -3.45. The molecule has 0 radical (unpaired) electrons. The number of ketones is 1. The molecule has 0 fully saturated rings. The Morgan fingerprint density at radius 3 is 2.00 bits per heavy atom. The lowest BCUT2D eigenvalue weighted by molar-refractivity contribution is -0.284. The van der Waals surface area contributed by atoms with Crippen LogP contribution in [-0.2, 0) is 29.2 Å². The van der Waals surface area contributed by atoms with Gasteiger partial charge in [-0.2, -0.15) is 22.0 Å². The lowest BCUT2D eigenvalue weighted by atomic mass is 9.53. The molecule has 0 saturated heterocycles. The van der Waals surface area contributed by atoms with Crippen molar-refractivity contribution in [3.63, 3.8) is 0 Å². The number of hydrogen-bond acceptors (Lipinski definition) is 8. The van der Waals surface area contributed by atoms with Gasteiger partial charge in [0.05, 0.1) is 13.2 Å². The normalized spacial score (nSPS) is 18.7. The highest BCUT2D eigenvalue weighted by Gasteiger charge is 2.63. The molecule has 2 aromatic carbocycles. The van der Waals surface area contributed by atoms with E-state index in [2.05, 4.69) is 6.92 Å². The van der Waals surface area contributed by atoms with Gasteiger partial charge in [0.25, 0.3) is 0 Å². The number of Topliss-reactive ketones (excluding diaryl/α,β-unsaturated/α-hetero) is 1. The molecule has 1 heterocycles. The van der Waals surface area contributed by atoms with Gasteiger partial charge in [0.2, 0.25) is 0 Å². The van der Waals surface area contributed by atoms with E-state index in [1.807, 2.05) is 0 Å². The fraction of sp³-hybridized carbons (Fsp3) is 0.632. The van der Waals surface area contributed by atoms with Gasteiger partial charge in [0.15, 0.2) is 19.4 Å². The van der Waals surface area contributed by atoms with Crippen LogP contribution in [0, 0.1) is 5.41 Å². The molecule has 3 rings (SSSR count). The van der Waals surface area contributed by atoms with Crippen LogP contribution in [0.3, 0.4) is 0 Å². The predicted octanol–water partition coefficient (Wildman–Crippen LogP) is 9.32. The standard InChI is InChI=1S/C38H51F5O8/c1-6-8-9-10-11-12-13-21-36(34(45)48-7-2,32(44)20-22-37(39,40)38(41,42)43)33-30-19-18-29(51-26-47-5)23-31(30)49-24-35(33,3)27-14-16-28(17-15-27)50-25-46-4/h14-19,23,33H,6-13,20-22,24-26H2,1-5H3. The first kappa shape index (κ1) is 42.0. The van der Waals surface area contributed by atoms with Crippen LogP contribution in [0.25, 0.3) is 0 Å². The molecule has 0 amide bonds. The minimum atomic E-state index is -5.87. The van der Waals surface area contributed by atoms with Crippen molar-refractivity contribution in [3.05, 3.63) is 53.6 Å². The number of hydrogen-bond donors (Lipinski definition) is 0. The van der Waals surface area contributed by atoms with Gasteiger partial charge < -0.3 is 28.4 Å². The highest BCUT2D eigenvalue weighted by atomic mass is 19.4. The number of rotatable bonds is 22. The second-order valence-electron chi connectivity index (χ2n) is 13.2. The number of fused-ring (bicyclic) bond motifs is 1. The predicted molar refractivity (Wildman–Crippen MR) is 180 cm³/mol. The second kappa shape index (κ2) is 18.9. The summed E-state index contributed by atoms with van der Waals surface area (Å²) in [7, 11) is 2.93. The molecule has 0 spiro atoms. The Balaban J connectivity index is 2.27. The van der Waals surface area contributed by atoms with E-state index in [0.29, 0.717) is 35.5 Å². The van der Waals surface area contributed by atoms with Crippen LogP contribution in [0.1, 0.15) is 102 Å². The number of alkyl halides is 5. The summed E-state index contributed by atoms with van der Waals surface area (Å²) in [6, 6.07) is 11.7. The number of unbranched alkanes of at least 4 members (excludes halogenated alkanes) is 6. The van der Waals surface area contributed by atoms with Gasteiger partial charge in [-0.3, -0.25) is 9.59 Å². The Kier molecular flexibility index (Phi) is 15.5. The summed E-state index contributed by atoms with van der Waals surface area (Å²) in [4.78, 5) is 29.1. The molecule has 3 atom stereocenters. The summed E-state index contributed by atoms with van der Waals surface area (Å²) in [5.74, 6) is -7.16. The van der Waals surface area contributed by atoms with Crippen molar-refractivity contribution in [3.8, 4) is 17.2 Å². The Bertz CT molecular complexity index is 1400. The highest BCUT2D eigenvalue weighted by Crippen LogP contribution is 2.58. The van der Waals surface area contributed by atoms with Crippen molar-refractivity contribution in [2.45, 2.75) is 108 Å². The van der Waals surface area contributed by atoms with Crippen LogP contribution in [0.4, 0.5) is 22.0 Å². The quantitative estimate of drug-likeness (QED) is 0.0390. The minimum Gasteiger partial charge on any atom is -0.492 e. The second-order valence-corrected chi connectivity index (χ2v) is 13.2. The van der Waals surface area contributed by atoms with Crippen molar-refractivity contribution < 1.29 is 60.0 Å². The smallest absolute Gasteiger partial charge is 0.453 e. The van der Waals surface area contributed by atoms with Gasteiger partial charge in [-0.25, -0.2) is 0 Å². The molecule has 0 aromatic heterocycles.